The molecule has 0 fully saturated rings. The van der Waals surface area contributed by atoms with E-state index in [2.05, 4.69) is 0 Å². The molecule has 1 aliphatic heterocycles. The van der Waals surface area contributed by atoms with Crippen molar-refractivity contribution in [1.29, 1.82) is 0 Å². The van der Waals surface area contributed by atoms with E-state index in [1.807, 2.05) is 18.2 Å². The second-order valence-electron chi connectivity index (χ2n) is 5.30. The van der Waals surface area contributed by atoms with Crippen LogP contribution in [0.25, 0.3) is 0 Å². The number of halogens is 1. The maximum absolute atomic E-state index is 13.7. The lowest BCUT2D eigenvalue weighted by atomic mass is 10.1. The number of para-hydroxylation sites is 1. The largest absolute Gasteiger partial charge is 0.489 e. The highest BCUT2D eigenvalue weighted by Gasteiger charge is 2.18. The number of benzene rings is 2. The molecule has 0 bridgehead atoms. The van der Waals surface area contributed by atoms with Gasteiger partial charge in [0.2, 0.25) is 0 Å². The van der Waals surface area contributed by atoms with E-state index >= 15 is 0 Å². The molecule has 128 valence electrons. The molecule has 0 radical (unpaired) electrons. The molecule has 6 heteroatoms. The summed E-state index contributed by atoms with van der Waals surface area (Å²) in [6.45, 7) is 2.59. The predicted molar refractivity (Wildman–Crippen MR) is 88.3 cm³/mol. The van der Waals surface area contributed by atoms with Gasteiger partial charge in [0.25, 0.3) is 6.47 Å². The Hall–Kier alpha value is -2.60. The number of rotatable bonds is 4. The van der Waals surface area contributed by atoms with Crippen molar-refractivity contribution in [2.45, 2.75) is 19.8 Å². The van der Waals surface area contributed by atoms with E-state index in [0.29, 0.717) is 36.6 Å². The molecule has 0 aliphatic carbocycles. The lowest BCUT2D eigenvalue weighted by Gasteiger charge is -2.14. The highest BCUT2D eigenvalue weighted by atomic mass is 19.1. The van der Waals surface area contributed by atoms with E-state index < -0.39 is 0 Å². The van der Waals surface area contributed by atoms with Crippen molar-refractivity contribution in [1.82, 2.24) is 0 Å². The average Bonchev–Trinajstić information content (AvgIpc) is 3.03. The molecule has 0 saturated carbocycles. The van der Waals surface area contributed by atoms with Crippen molar-refractivity contribution in [2.75, 3.05) is 13.2 Å². The molecule has 3 rings (SSSR count). The van der Waals surface area contributed by atoms with E-state index in [-0.39, 0.29) is 12.3 Å². The van der Waals surface area contributed by atoms with Crippen molar-refractivity contribution >= 4 is 6.47 Å². The topological polar surface area (TPSA) is 81.8 Å². The lowest BCUT2D eigenvalue weighted by Crippen LogP contribution is -2.05. The molecular formula is C18H20FNO4. The molecule has 3 N–H and O–H groups in total. The third kappa shape index (κ3) is 4.02. The molecule has 2 aromatic carbocycles. The van der Waals surface area contributed by atoms with E-state index in [0.717, 1.165) is 23.3 Å². The lowest BCUT2D eigenvalue weighted by molar-refractivity contribution is -0.122. The van der Waals surface area contributed by atoms with Crippen molar-refractivity contribution < 1.29 is 23.8 Å². The maximum Gasteiger partial charge on any atom is 0.290 e. The summed E-state index contributed by atoms with van der Waals surface area (Å²) in [6.07, 6.45) is 1.47. The van der Waals surface area contributed by atoms with Crippen LogP contribution in [0.15, 0.2) is 30.3 Å². The Labute approximate surface area is 139 Å². The van der Waals surface area contributed by atoms with Gasteiger partial charge in [0, 0.05) is 12.0 Å². The van der Waals surface area contributed by atoms with E-state index in [4.69, 9.17) is 25.1 Å². The Morgan fingerprint density at radius 3 is 2.83 bits per heavy atom. The molecule has 0 amide bonds. The van der Waals surface area contributed by atoms with Gasteiger partial charge in [-0.3, -0.25) is 4.79 Å². The molecular weight excluding hydrogens is 313 g/mol. The zero-order valence-corrected chi connectivity index (χ0v) is 13.4. The monoisotopic (exact) mass is 333 g/mol. The predicted octanol–water partition coefficient (Wildman–Crippen LogP) is 3.06. The minimum absolute atomic E-state index is 0.236. The number of ether oxygens (including phenoxy) is 2. The number of aryl methyl sites for hydroxylation is 1. The van der Waals surface area contributed by atoms with Crippen LogP contribution in [0.3, 0.4) is 0 Å². The number of hydrogen-bond acceptors (Lipinski definition) is 4. The van der Waals surface area contributed by atoms with Crippen LogP contribution in [0.4, 0.5) is 4.39 Å². The highest BCUT2D eigenvalue weighted by molar-refractivity contribution is 5.51. The molecule has 2 aromatic rings. The summed E-state index contributed by atoms with van der Waals surface area (Å²) in [7, 11) is 0. The Morgan fingerprint density at radius 1 is 1.38 bits per heavy atom. The van der Waals surface area contributed by atoms with Gasteiger partial charge in [-0.1, -0.05) is 12.1 Å². The molecule has 0 aromatic heterocycles. The Balaban J connectivity index is 0.000000647. The molecule has 1 heterocycles. The van der Waals surface area contributed by atoms with Gasteiger partial charge >= 0.3 is 0 Å². The molecule has 24 heavy (non-hydrogen) atoms. The van der Waals surface area contributed by atoms with Gasteiger partial charge in [0.05, 0.1) is 6.61 Å². The smallest absolute Gasteiger partial charge is 0.290 e. The van der Waals surface area contributed by atoms with Gasteiger partial charge in [-0.25, -0.2) is 4.39 Å². The fourth-order valence-corrected chi connectivity index (χ4v) is 2.53. The molecule has 0 saturated heterocycles. The Kier molecular flexibility index (Phi) is 6.14. The molecule has 0 unspecified atom stereocenters. The summed E-state index contributed by atoms with van der Waals surface area (Å²) in [6, 6.07) is 9.07. The number of carbonyl (C=O) groups is 1. The summed E-state index contributed by atoms with van der Waals surface area (Å²) in [4.78, 5) is 8.36. The normalized spacial score (nSPS) is 11.8. The Morgan fingerprint density at radius 2 is 2.12 bits per heavy atom. The summed E-state index contributed by atoms with van der Waals surface area (Å²) in [5.41, 5.74) is 8.07. The van der Waals surface area contributed by atoms with Gasteiger partial charge < -0.3 is 20.3 Å². The maximum atomic E-state index is 13.7. The first-order chi connectivity index (χ1) is 11.6. The van der Waals surface area contributed by atoms with Crippen LogP contribution in [-0.4, -0.2) is 24.7 Å². The standard InChI is InChI=1S/C17H18FNO2.CH2O2/c1-11-9-16(13(5-7-19)10-14(11)18)21-15-4-2-3-12-6-8-20-17(12)15;2-1-3/h2-4,9-10H,5-8,19H2,1H3;1H,(H,2,3). The van der Waals surface area contributed by atoms with Gasteiger partial charge in [0.1, 0.15) is 11.6 Å². The third-order valence-electron chi connectivity index (χ3n) is 3.65. The Bertz CT molecular complexity index is 718. The second-order valence-corrected chi connectivity index (χ2v) is 5.30. The van der Waals surface area contributed by atoms with E-state index in [1.54, 1.807) is 13.0 Å². The van der Waals surface area contributed by atoms with E-state index in [1.165, 1.54) is 6.07 Å². The van der Waals surface area contributed by atoms with Gasteiger partial charge in [-0.2, -0.15) is 0 Å². The van der Waals surface area contributed by atoms with Crippen molar-refractivity contribution in [3.05, 3.63) is 52.8 Å². The summed E-state index contributed by atoms with van der Waals surface area (Å²) in [5.74, 6) is 1.87. The fourth-order valence-electron chi connectivity index (χ4n) is 2.53. The van der Waals surface area contributed by atoms with Gasteiger partial charge in [0.15, 0.2) is 11.5 Å². The van der Waals surface area contributed by atoms with Crippen LogP contribution < -0.4 is 15.2 Å². The zero-order chi connectivity index (χ0) is 17.5. The second kappa shape index (κ2) is 8.31. The van der Waals surface area contributed by atoms with Crippen molar-refractivity contribution in [3.8, 4) is 17.2 Å². The number of fused-ring (bicyclic) bond motifs is 1. The fraction of sp³-hybridized carbons (Fsp3) is 0.278. The van der Waals surface area contributed by atoms with Gasteiger partial charge in [-0.15, -0.1) is 0 Å². The average molecular weight is 333 g/mol. The zero-order valence-electron chi connectivity index (χ0n) is 13.4. The minimum atomic E-state index is -0.250. The van der Waals surface area contributed by atoms with Gasteiger partial charge in [-0.05, 0) is 49.2 Å². The van der Waals surface area contributed by atoms with E-state index in [9.17, 15) is 4.39 Å². The number of nitrogens with two attached hydrogens (primary N) is 1. The van der Waals surface area contributed by atoms with Crippen LogP contribution in [0.2, 0.25) is 0 Å². The summed E-state index contributed by atoms with van der Waals surface area (Å²) in [5, 5.41) is 6.89. The van der Waals surface area contributed by atoms with Crippen LogP contribution in [-0.2, 0) is 17.6 Å². The molecule has 1 aliphatic rings. The first-order valence-corrected chi connectivity index (χ1v) is 7.60. The molecule has 0 spiro atoms. The van der Waals surface area contributed by atoms with Crippen molar-refractivity contribution in [2.24, 2.45) is 5.73 Å². The van der Waals surface area contributed by atoms with Crippen LogP contribution in [0, 0.1) is 12.7 Å². The molecule has 0 atom stereocenters. The molecule has 5 nitrogen and oxygen atoms in total. The van der Waals surface area contributed by atoms with Crippen LogP contribution in [0.1, 0.15) is 16.7 Å². The third-order valence-corrected chi connectivity index (χ3v) is 3.65. The number of hydrogen-bond donors (Lipinski definition) is 2. The first-order valence-electron chi connectivity index (χ1n) is 7.60. The SMILES string of the molecule is Cc1cc(Oc2cccc3c2OCC3)c(CCN)cc1F.O=CO. The quantitative estimate of drug-likeness (QED) is 0.841. The summed E-state index contributed by atoms with van der Waals surface area (Å²) >= 11 is 0. The van der Waals surface area contributed by atoms with Crippen molar-refractivity contribution in [3.63, 3.8) is 0 Å². The number of carboxylic acid groups (broad SMARTS) is 1. The highest BCUT2D eigenvalue weighted by Crippen LogP contribution is 2.39. The first kappa shape index (κ1) is 17.7. The van der Waals surface area contributed by atoms with Crippen LogP contribution in [0.5, 0.6) is 17.2 Å². The summed E-state index contributed by atoms with van der Waals surface area (Å²) < 4.78 is 25.3. The van der Waals surface area contributed by atoms with Crippen LogP contribution >= 0.6 is 0 Å². The minimum Gasteiger partial charge on any atom is -0.489 e.